The number of carbonyl (C=O) groups is 1. The number of halogens is 2. The number of aryl methyl sites for hydroxylation is 1. The molecule has 0 aliphatic carbocycles. The lowest BCUT2D eigenvalue weighted by atomic mass is 10.1. The third-order valence-corrected chi connectivity index (χ3v) is 4.10. The monoisotopic (exact) mass is 345 g/mol. The largest absolute Gasteiger partial charge is 0.464 e. The molecule has 0 aromatic heterocycles. The second-order valence-corrected chi connectivity index (χ2v) is 5.96. The lowest BCUT2D eigenvalue weighted by Crippen LogP contribution is -2.13. The minimum absolute atomic E-state index is 0.252. The number of carbonyl (C=O) groups excluding carboxylic acids is 1. The lowest BCUT2D eigenvalue weighted by molar-refractivity contribution is -0.112. The summed E-state index contributed by atoms with van der Waals surface area (Å²) in [6, 6.07) is 10.7. The van der Waals surface area contributed by atoms with Crippen molar-refractivity contribution in [1.82, 2.24) is 0 Å². The van der Waals surface area contributed by atoms with Gasteiger partial charge in [-0.1, -0.05) is 34.8 Å². The van der Waals surface area contributed by atoms with Crippen molar-refractivity contribution in [3.8, 4) is 5.75 Å². The van der Waals surface area contributed by atoms with E-state index >= 15 is 0 Å². The number of rotatable bonds is 2. The van der Waals surface area contributed by atoms with Crippen LogP contribution in [0.1, 0.15) is 11.1 Å². The first kappa shape index (κ1) is 15.7. The Kier molecular flexibility index (Phi) is 4.42. The second-order valence-electron chi connectivity index (χ2n) is 5.14. The summed E-state index contributed by atoms with van der Waals surface area (Å²) in [7, 11) is 0. The van der Waals surface area contributed by atoms with Crippen LogP contribution in [0.3, 0.4) is 0 Å². The van der Waals surface area contributed by atoms with Gasteiger partial charge in [-0.3, -0.25) is 4.79 Å². The number of anilines is 1. The fourth-order valence-corrected chi connectivity index (χ4v) is 2.50. The van der Waals surface area contributed by atoms with Crippen LogP contribution in [0.4, 0.5) is 5.69 Å². The second kappa shape index (κ2) is 6.49. The molecule has 1 N–H and O–H groups in total. The molecule has 5 heteroatoms. The van der Waals surface area contributed by atoms with Crippen LogP contribution in [-0.4, -0.2) is 5.91 Å². The quantitative estimate of drug-likeness (QED) is 0.809. The van der Waals surface area contributed by atoms with Crippen LogP contribution in [0.25, 0.3) is 6.08 Å². The van der Waals surface area contributed by atoms with Crippen LogP contribution in [0.2, 0.25) is 10.0 Å². The Morgan fingerprint density at radius 3 is 2.70 bits per heavy atom. The number of benzene rings is 2. The molecule has 0 saturated heterocycles. The van der Waals surface area contributed by atoms with Gasteiger partial charge < -0.3 is 10.1 Å². The predicted molar refractivity (Wildman–Crippen MR) is 94.0 cm³/mol. The maximum Gasteiger partial charge on any atom is 0.255 e. The summed E-state index contributed by atoms with van der Waals surface area (Å²) in [6.07, 6.45) is 4.92. The molecular formula is C18H13Cl2NO2. The molecule has 1 aliphatic rings. The first-order valence-corrected chi connectivity index (χ1v) is 7.70. The lowest BCUT2D eigenvalue weighted by Gasteiger charge is -2.07. The molecule has 2 aromatic rings. The van der Waals surface area contributed by atoms with Gasteiger partial charge in [0.1, 0.15) is 5.75 Å². The number of hydrogen-bond acceptors (Lipinski definition) is 2. The summed E-state index contributed by atoms with van der Waals surface area (Å²) in [4.78, 5) is 12.4. The molecule has 23 heavy (non-hydrogen) atoms. The highest BCUT2D eigenvalue weighted by atomic mass is 35.5. The number of fused-ring (bicyclic) bond motifs is 1. The molecule has 0 radical (unpaired) electrons. The van der Waals surface area contributed by atoms with Gasteiger partial charge >= 0.3 is 0 Å². The zero-order valence-electron chi connectivity index (χ0n) is 12.3. The van der Waals surface area contributed by atoms with Crippen LogP contribution in [0.15, 0.2) is 54.3 Å². The Morgan fingerprint density at radius 1 is 1.09 bits per heavy atom. The SMILES string of the molecule is Cc1ccc2c(c1)C=C(C(=O)Nc1ccc(Cl)c(Cl)c1)C=CO2. The Balaban J connectivity index is 1.88. The van der Waals surface area contributed by atoms with E-state index in [4.69, 9.17) is 27.9 Å². The molecule has 0 bridgehead atoms. The molecule has 3 nitrogen and oxygen atoms in total. The molecule has 0 fully saturated rings. The molecule has 0 spiro atoms. The molecule has 2 aromatic carbocycles. The molecule has 3 rings (SSSR count). The van der Waals surface area contributed by atoms with Crippen molar-refractivity contribution in [2.24, 2.45) is 0 Å². The van der Waals surface area contributed by atoms with Crippen molar-refractivity contribution in [3.63, 3.8) is 0 Å². The van der Waals surface area contributed by atoms with Crippen LogP contribution < -0.4 is 10.1 Å². The third kappa shape index (κ3) is 3.58. The van der Waals surface area contributed by atoms with E-state index in [1.807, 2.05) is 25.1 Å². The van der Waals surface area contributed by atoms with Gasteiger partial charge in [0.25, 0.3) is 5.91 Å². The smallest absolute Gasteiger partial charge is 0.255 e. The fraction of sp³-hybridized carbons (Fsp3) is 0.0556. The average molecular weight is 346 g/mol. The molecular weight excluding hydrogens is 333 g/mol. The summed E-state index contributed by atoms with van der Waals surface area (Å²) in [5, 5.41) is 3.62. The zero-order chi connectivity index (χ0) is 16.4. The van der Waals surface area contributed by atoms with Gasteiger partial charge in [0, 0.05) is 16.8 Å². The highest BCUT2D eigenvalue weighted by molar-refractivity contribution is 6.42. The maximum absolute atomic E-state index is 12.4. The van der Waals surface area contributed by atoms with E-state index in [9.17, 15) is 4.79 Å². The van der Waals surface area contributed by atoms with E-state index < -0.39 is 0 Å². The Hall–Kier alpha value is -2.23. The van der Waals surface area contributed by atoms with Crippen molar-refractivity contribution >= 4 is 40.9 Å². The minimum atomic E-state index is -0.252. The highest BCUT2D eigenvalue weighted by Crippen LogP contribution is 2.28. The number of nitrogens with one attached hydrogen (secondary N) is 1. The standard InChI is InChI=1S/C18H13Cl2NO2/c1-11-2-5-17-13(8-11)9-12(6-7-23-17)18(22)21-14-3-4-15(19)16(20)10-14/h2-10H,1H3,(H,21,22). The minimum Gasteiger partial charge on any atom is -0.464 e. The molecule has 1 aliphatic heterocycles. The van der Waals surface area contributed by atoms with Gasteiger partial charge in [-0.2, -0.15) is 0 Å². The third-order valence-electron chi connectivity index (χ3n) is 3.36. The van der Waals surface area contributed by atoms with Crippen molar-refractivity contribution in [2.45, 2.75) is 6.92 Å². The average Bonchev–Trinajstić information content (AvgIpc) is 2.72. The maximum atomic E-state index is 12.4. The molecule has 0 saturated carbocycles. The van der Waals surface area contributed by atoms with Gasteiger partial charge in [0.15, 0.2) is 0 Å². The molecule has 1 amide bonds. The predicted octanol–water partition coefficient (Wildman–Crippen LogP) is 5.23. The van der Waals surface area contributed by atoms with Crippen molar-refractivity contribution < 1.29 is 9.53 Å². The summed E-state index contributed by atoms with van der Waals surface area (Å²) in [5.41, 5.74) is 3.01. The Labute approximate surface area is 144 Å². The summed E-state index contributed by atoms with van der Waals surface area (Å²) in [6.45, 7) is 1.99. The van der Waals surface area contributed by atoms with Crippen LogP contribution >= 0.6 is 23.2 Å². The van der Waals surface area contributed by atoms with Gasteiger partial charge in [-0.05, 0) is 49.4 Å². The van der Waals surface area contributed by atoms with Crippen molar-refractivity contribution in [3.05, 3.63) is 75.5 Å². The van der Waals surface area contributed by atoms with Gasteiger partial charge in [0.2, 0.25) is 0 Å². The van der Waals surface area contributed by atoms with E-state index in [0.29, 0.717) is 27.1 Å². The summed E-state index contributed by atoms with van der Waals surface area (Å²) in [5.74, 6) is 0.460. The topological polar surface area (TPSA) is 38.3 Å². The number of amides is 1. The first-order chi connectivity index (χ1) is 11.0. The van der Waals surface area contributed by atoms with Gasteiger partial charge in [-0.15, -0.1) is 0 Å². The molecule has 0 atom stereocenters. The van der Waals surface area contributed by atoms with Gasteiger partial charge in [-0.25, -0.2) is 0 Å². The van der Waals surface area contributed by atoms with E-state index in [1.165, 1.54) is 6.26 Å². The van der Waals surface area contributed by atoms with E-state index in [2.05, 4.69) is 5.32 Å². The van der Waals surface area contributed by atoms with E-state index in [1.54, 1.807) is 30.4 Å². The molecule has 0 unspecified atom stereocenters. The van der Waals surface area contributed by atoms with Crippen LogP contribution in [0, 0.1) is 6.92 Å². The molecule has 116 valence electrons. The first-order valence-electron chi connectivity index (χ1n) is 6.95. The number of ether oxygens (including phenoxy) is 1. The fourth-order valence-electron chi connectivity index (χ4n) is 2.20. The van der Waals surface area contributed by atoms with Crippen molar-refractivity contribution in [2.75, 3.05) is 5.32 Å². The normalized spacial score (nSPS) is 12.7. The van der Waals surface area contributed by atoms with Crippen LogP contribution in [0.5, 0.6) is 5.75 Å². The summed E-state index contributed by atoms with van der Waals surface area (Å²) >= 11 is 11.8. The molecule has 1 heterocycles. The number of hydrogen-bond donors (Lipinski definition) is 1. The highest BCUT2D eigenvalue weighted by Gasteiger charge is 2.13. The van der Waals surface area contributed by atoms with Crippen LogP contribution in [-0.2, 0) is 4.79 Å². The summed E-state index contributed by atoms with van der Waals surface area (Å²) < 4.78 is 5.52. The Morgan fingerprint density at radius 2 is 1.91 bits per heavy atom. The van der Waals surface area contributed by atoms with E-state index in [0.717, 1.165) is 11.1 Å². The van der Waals surface area contributed by atoms with Gasteiger partial charge in [0.05, 0.1) is 16.3 Å². The zero-order valence-corrected chi connectivity index (χ0v) is 13.8. The Bertz CT molecular complexity index is 841. The van der Waals surface area contributed by atoms with E-state index in [-0.39, 0.29) is 5.91 Å². The van der Waals surface area contributed by atoms with Crippen molar-refractivity contribution in [1.29, 1.82) is 0 Å².